The molecule has 35 heavy (non-hydrogen) atoms. The van der Waals surface area contributed by atoms with Crippen molar-refractivity contribution in [3.8, 4) is 0 Å². The first-order valence-electron chi connectivity index (χ1n) is 10.7. The number of rotatable bonds is 8. The first kappa shape index (κ1) is 23.2. The molecule has 176 valence electrons. The summed E-state index contributed by atoms with van der Waals surface area (Å²) in [6, 6.07) is 15.4. The normalized spacial score (nSPS) is 11.7. The Kier molecular flexibility index (Phi) is 7.12. The number of nitrogen functional groups attached to an aromatic ring is 1. The van der Waals surface area contributed by atoms with Crippen LogP contribution in [0.25, 0.3) is 0 Å². The van der Waals surface area contributed by atoms with Gasteiger partial charge in [-0.3, -0.25) is 10.3 Å². The summed E-state index contributed by atoms with van der Waals surface area (Å²) >= 11 is 0. The maximum atomic E-state index is 12.8. The van der Waals surface area contributed by atoms with Gasteiger partial charge in [0.25, 0.3) is 0 Å². The van der Waals surface area contributed by atoms with Gasteiger partial charge in [0, 0.05) is 42.0 Å². The molecule has 4 rings (SSSR count). The zero-order valence-corrected chi connectivity index (χ0v) is 18.9. The van der Waals surface area contributed by atoms with Crippen molar-refractivity contribution < 1.29 is 9.21 Å². The van der Waals surface area contributed by atoms with Gasteiger partial charge in [-0.05, 0) is 29.8 Å². The van der Waals surface area contributed by atoms with Crippen LogP contribution in [0.1, 0.15) is 28.5 Å². The lowest BCUT2D eigenvalue weighted by Crippen LogP contribution is -2.33. The highest BCUT2D eigenvalue weighted by molar-refractivity contribution is 5.93. The Labute approximate surface area is 201 Å². The third kappa shape index (κ3) is 5.69. The highest BCUT2D eigenvalue weighted by atomic mass is 16.3. The molecule has 0 radical (unpaired) electrons. The van der Waals surface area contributed by atoms with Gasteiger partial charge in [-0.2, -0.15) is 0 Å². The lowest BCUT2D eigenvalue weighted by molar-refractivity contribution is 0.248. The predicted octanol–water partition coefficient (Wildman–Crippen LogP) is 4.35. The number of nitrogens with one attached hydrogen (secondary N) is 4. The van der Waals surface area contributed by atoms with Crippen molar-refractivity contribution in [3.05, 3.63) is 95.8 Å². The second-order valence-electron chi connectivity index (χ2n) is 7.50. The lowest BCUT2D eigenvalue weighted by Gasteiger charge is -2.17. The molecule has 1 unspecified atom stereocenters. The Hall–Kier alpha value is -4.99. The van der Waals surface area contributed by atoms with Crippen LogP contribution >= 0.6 is 0 Å². The van der Waals surface area contributed by atoms with Crippen molar-refractivity contribution in [1.82, 2.24) is 15.3 Å². The van der Waals surface area contributed by atoms with Crippen molar-refractivity contribution in [2.24, 2.45) is 4.99 Å². The topological polar surface area (TPSA) is 154 Å². The second kappa shape index (κ2) is 10.8. The summed E-state index contributed by atoms with van der Waals surface area (Å²) in [5, 5.41) is 16.6. The number of aromatic nitrogens is 2. The van der Waals surface area contributed by atoms with Gasteiger partial charge < -0.3 is 26.2 Å². The fourth-order valence-electron chi connectivity index (χ4n) is 3.44. The zero-order chi connectivity index (χ0) is 24.6. The van der Waals surface area contributed by atoms with E-state index in [2.05, 4.69) is 30.9 Å². The van der Waals surface area contributed by atoms with Crippen molar-refractivity contribution in [2.45, 2.75) is 6.04 Å². The monoisotopic (exact) mass is 468 g/mol. The number of carbonyl (C=O) groups is 1. The van der Waals surface area contributed by atoms with E-state index in [0.717, 1.165) is 16.8 Å². The van der Waals surface area contributed by atoms with E-state index < -0.39 is 12.1 Å². The number of nitrogens with zero attached hydrogens (tertiary/aromatic N) is 3. The summed E-state index contributed by atoms with van der Waals surface area (Å²) < 4.78 is 5.42. The number of anilines is 4. The molecule has 2 amide bonds. The molecule has 1 atom stereocenters. The Morgan fingerprint density at radius 2 is 1.97 bits per heavy atom. The minimum atomic E-state index is -0.534. The van der Waals surface area contributed by atoms with Gasteiger partial charge in [0.05, 0.1) is 18.1 Å². The van der Waals surface area contributed by atoms with E-state index in [4.69, 9.17) is 15.6 Å². The van der Waals surface area contributed by atoms with Crippen LogP contribution in [0.15, 0.2) is 82.8 Å². The summed E-state index contributed by atoms with van der Waals surface area (Å²) in [6.45, 7) is 0. The molecule has 2 aromatic carbocycles. The van der Waals surface area contributed by atoms with E-state index in [9.17, 15) is 4.79 Å². The average Bonchev–Trinajstić information content (AvgIpc) is 3.41. The molecule has 0 fully saturated rings. The van der Waals surface area contributed by atoms with Crippen molar-refractivity contribution in [3.63, 3.8) is 0 Å². The summed E-state index contributed by atoms with van der Waals surface area (Å²) in [6.07, 6.45) is 7.26. The minimum Gasteiger partial charge on any atom is -0.446 e. The second-order valence-corrected chi connectivity index (χ2v) is 7.50. The van der Waals surface area contributed by atoms with Gasteiger partial charge >= 0.3 is 6.03 Å². The molecule has 2 aromatic heterocycles. The predicted molar refractivity (Wildman–Crippen MR) is 137 cm³/mol. The third-order valence-electron chi connectivity index (χ3n) is 5.11. The zero-order valence-electron chi connectivity index (χ0n) is 18.9. The minimum absolute atomic E-state index is 0.284. The molecule has 10 heteroatoms. The van der Waals surface area contributed by atoms with Crippen molar-refractivity contribution in [2.75, 3.05) is 23.4 Å². The fourth-order valence-corrected chi connectivity index (χ4v) is 3.44. The average molecular weight is 469 g/mol. The van der Waals surface area contributed by atoms with Crippen LogP contribution < -0.4 is 21.7 Å². The van der Waals surface area contributed by atoms with Crippen LogP contribution in [-0.4, -0.2) is 35.5 Å². The highest BCUT2D eigenvalue weighted by Gasteiger charge is 2.20. The first-order valence-corrected chi connectivity index (χ1v) is 10.7. The number of urea groups is 1. The van der Waals surface area contributed by atoms with Gasteiger partial charge in [-0.25, -0.2) is 14.8 Å². The molecule has 0 aliphatic rings. The standard InChI is InChI=1S/C25H24N8O2/c1-28-12-18-9-19(7-8-20(18)27)31-21-13-30-23(10-17(21)11-26)32-25(34)33-24(22-14-29-15-35-22)16-5-3-2-4-6-16/h2-15,24,26,31H,27H2,1H3,(H2,30,32,33,34). The Morgan fingerprint density at radius 1 is 1.14 bits per heavy atom. The fraction of sp³-hybridized carbons (Fsp3) is 0.0800. The lowest BCUT2D eigenvalue weighted by atomic mass is 10.1. The summed E-state index contributed by atoms with van der Waals surface area (Å²) in [7, 11) is 1.67. The van der Waals surface area contributed by atoms with Gasteiger partial charge in [0.1, 0.15) is 11.9 Å². The maximum Gasteiger partial charge on any atom is 0.321 e. The van der Waals surface area contributed by atoms with Crippen LogP contribution in [0.4, 0.5) is 27.7 Å². The van der Waals surface area contributed by atoms with E-state index in [0.29, 0.717) is 22.7 Å². The maximum absolute atomic E-state index is 12.8. The molecule has 0 spiro atoms. The van der Waals surface area contributed by atoms with E-state index in [1.807, 2.05) is 42.5 Å². The van der Waals surface area contributed by atoms with Gasteiger partial charge in [0.2, 0.25) is 0 Å². The molecule has 0 bridgehead atoms. The molecular formula is C25H24N8O2. The van der Waals surface area contributed by atoms with Gasteiger partial charge in [-0.15, -0.1) is 0 Å². The molecule has 10 nitrogen and oxygen atoms in total. The smallest absolute Gasteiger partial charge is 0.321 e. The van der Waals surface area contributed by atoms with Crippen LogP contribution in [0.5, 0.6) is 0 Å². The van der Waals surface area contributed by atoms with Gasteiger partial charge in [0.15, 0.2) is 12.2 Å². The number of carbonyl (C=O) groups excluding carboxylic acids is 1. The number of amides is 2. The van der Waals surface area contributed by atoms with E-state index in [-0.39, 0.29) is 5.82 Å². The van der Waals surface area contributed by atoms with Crippen molar-refractivity contribution in [1.29, 1.82) is 5.41 Å². The van der Waals surface area contributed by atoms with Crippen LogP contribution in [0, 0.1) is 5.41 Å². The summed E-state index contributed by atoms with van der Waals surface area (Å²) in [4.78, 5) is 25.1. The van der Waals surface area contributed by atoms with Gasteiger partial charge in [-0.1, -0.05) is 30.3 Å². The van der Waals surface area contributed by atoms with E-state index >= 15 is 0 Å². The molecule has 0 aliphatic heterocycles. The molecule has 4 aromatic rings. The van der Waals surface area contributed by atoms with E-state index in [1.165, 1.54) is 12.6 Å². The summed E-state index contributed by atoms with van der Waals surface area (Å²) in [5.74, 6) is 0.780. The van der Waals surface area contributed by atoms with Crippen LogP contribution in [0.2, 0.25) is 0 Å². The first-order chi connectivity index (χ1) is 17.1. The number of nitrogens with two attached hydrogens (primary N) is 1. The third-order valence-corrected chi connectivity index (χ3v) is 5.11. The van der Waals surface area contributed by atoms with E-state index in [1.54, 1.807) is 37.8 Å². The molecule has 6 N–H and O–H groups in total. The largest absolute Gasteiger partial charge is 0.446 e. The van der Waals surface area contributed by atoms with Crippen LogP contribution in [0.3, 0.4) is 0 Å². The molecule has 0 saturated carbocycles. The number of hydrogen-bond acceptors (Lipinski definition) is 8. The quantitative estimate of drug-likeness (QED) is 0.191. The number of aliphatic imine (C=N–C) groups is 1. The number of hydrogen-bond donors (Lipinski definition) is 5. The molecule has 0 aliphatic carbocycles. The van der Waals surface area contributed by atoms with Crippen molar-refractivity contribution >= 4 is 41.3 Å². The Bertz CT molecular complexity index is 1340. The SMILES string of the molecule is CN=Cc1cc(Nc2cnc(NC(=O)NC(c3ccccc3)c3cnco3)cc2C=N)ccc1N. The number of benzene rings is 2. The summed E-state index contributed by atoms with van der Waals surface area (Å²) in [5.41, 5.74) is 10.1. The Morgan fingerprint density at radius 3 is 2.69 bits per heavy atom. The van der Waals surface area contributed by atoms with Crippen LogP contribution in [-0.2, 0) is 0 Å². The highest BCUT2D eigenvalue weighted by Crippen LogP contribution is 2.25. The number of oxazole rings is 1. The molecule has 2 heterocycles. The molecule has 0 saturated heterocycles. The number of pyridine rings is 1. The Balaban J connectivity index is 1.49. The molecular weight excluding hydrogens is 444 g/mol.